The maximum Gasteiger partial charge on any atom is 0.306 e. The molecular weight excluding hydrogens is 294 g/mol. The molecule has 0 amide bonds. The largest absolute Gasteiger partial charge is 0.457 e. The molecule has 1 aromatic heterocycles. The van der Waals surface area contributed by atoms with E-state index < -0.39 is 0 Å². The molecule has 23 heavy (non-hydrogen) atoms. The Morgan fingerprint density at radius 3 is 2.43 bits per heavy atom. The van der Waals surface area contributed by atoms with Crippen molar-refractivity contribution in [3.63, 3.8) is 0 Å². The Balaban J connectivity index is 1.73. The minimum atomic E-state index is -0.289. The quantitative estimate of drug-likeness (QED) is 0.747. The second kappa shape index (κ2) is 8.07. The Kier molecular flexibility index (Phi) is 5.85. The highest BCUT2D eigenvalue weighted by Crippen LogP contribution is 2.14. The number of carbonyl (C=O) groups excluding carboxylic acids is 1. The van der Waals surface area contributed by atoms with Crippen LogP contribution in [0.2, 0.25) is 0 Å². The van der Waals surface area contributed by atoms with Crippen LogP contribution in [0.3, 0.4) is 0 Å². The van der Waals surface area contributed by atoms with Crippen LogP contribution in [0, 0.1) is 5.92 Å². The summed E-state index contributed by atoms with van der Waals surface area (Å²) in [5.41, 5.74) is 12.2. The van der Waals surface area contributed by atoms with Crippen molar-refractivity contribution in [3.8, 4) is 0 Å². The van der Waals surface area contributed by atoms with Crippen molar-refractivity contribution in [2.24, 2.45) is 5.92 Å². The van der Waals surface area contributed by atoms with Crippen LogP contribution in [0.4, 0.5) is 11.9 Å². The van der Waals surface area contributed by atoms with Crippen LogP contribution in [-0.4, -0.2) is 20.9 Å². The lowest BCUT2D eigenvalue weighted by Crippen LogP contribution is -2.13. The Morgan fingerprint density at radius 1 is 1.13 bits per heavy atom. The topological polar surface area (TPSA) is 117 Å². The molecule has 0 aliphatic heterocycles. The monoisotopic (exact) mass is 315 g/mol. The third-order valence-electron chi connectivity index (χ3n) is 3.36. The minimum Gasteiger partial charge on any atom is -0.457 e. The van der Waals surface area contributed by atoms with Gasteiger partial charge in [0.1, 0.15) is 0 Å². The molecular formula is C16H21N5O2. The lowest BCUT2D eigenvalue weighted by Gasteiger charge is -2.11. The molecule has 0 aliphatic carbocycles. The van der Waals surface area contributed by atoms with Gasteiger partial charge in [-0.1, -0.05) is 37.3 Å². The normalized spacial score (nSPS) is 11.9. The predicted octanol–water partition coefficient (Wildman–Crippen LogP) is 1.74. The fourth-order valence-electron chi connectivity index (χ4n) is 2.17. The zero-order valence-electron chi connectivity index (χ0n) is 13.1. The van der Waals surface area contributed by atoms with E-state index in [-0.39, 0.29) is 36.2 Å². The van der Waals surface area contributed by atoms with E-state index in [0.717, 1.165) is 12.8 Å². The van der Waals surface area contributed by atoms with Gasteiger partial charge in [-0.25, -0.2) is 0 Å². The number of anilines is 2. The molecule has 122 valence electrons. The molecule has 0 radical (unpaired) electrons. The molecule has 0 spiro atoms. The van der Waals surface area contributed by atoms with Crippen molar-refractivity contribution in [1.29, 1.82) is 0 Å². The molecule has 7 nitrogen and oxygen atoms in total. The van der Waals surface area contributed by atoms with E-state index in [4.69, 9.17) is 16.2 Å². The van der Waals surface area contributed by atoms with Gasteiger partial charge in [-0.2, -0.15) is 15.0 Å². The molecule has 0 bridgehead atoms. The van der Waals surface area contributed by atoms with Gasteiger partial charge in [-0.3, -0.25) is 4.79 Å². The summed E-state index contributed by atoms with van der Waals surface area (Å²) >= 11 is 0. The summed E-state index contributed by atoms with van der Waals surface area (Å²) in [6.07, 6.45) is 2.21. The van der Waals surface area contributed by atoms with Crippen LogP contribution >= 0.6 is 0 Å². The summed E-state index contributed by atoms with van der Waals surface area (Å²) < 4.78 is 5.16. The number of hydrogen-bond acceptors (Lipinski definition) is 7. The molecule has 0 aliphatic rings. The Morgan fingerprint density at radius 2 is 1.78 bits per heavy atom. The highest BCUT2D eigenvalue weighted by Gasteiger charge is 2.12. The van der Waals surface area contributed by atoms with Crippen LogP contribution < -0.4 is 11.5 Å². The highest BCUT2D eigenvalue weighted by molar-refractivity contribution is 5.69. The Hall–Kier alpha value is -2.70. The average Bonchev–Trinajstić information content (AvgIpc) is 2.51. The summed E-state index contributed by atoms with van der Waals surface area (Å²) in [5.74, 6) is 0.221. The van der Waals surface area contributed by atoms with Crippen LogP contribution in [-0.2, 0) is 22.6 Å². The first kappa shape index (κ1) is 16.7. The maximum absolute atomic E-state index is 11.9. The maximum atomic E-state index is 11.9. The molecule has 2 rings (SSSR count). The second-order valence-corrected chi connectivity index (χ2v) is 5.46. The van der Waals surface area contributed by atoms with Gasteiger partial charge in [0.05, 0.1) is 0 Å². The van der Waals surface area contributed by atoms with E-state index in [1.54, 1.807) is 0 Å². The lowest BCUT2D eigenvalue weighted by atomic mass is 9.98. The summed E-state index contributed by atoms with van der Waals surface area (Å²) in [4.78, 5) is 23.2. The first-order valence-corrected chi connectivity index (χ1v) is 7.48. The standard InChI is InChI=1S/C16H21N5O2/c1-11(7-8-12-5-3-2-4-6-12)9-14(22)23-10-13-19-15(17)21-16(18)20-13/h2-6,11H,7-10H2,1H3,(H4,17,18,19,20,21). The van der Waals surface area contributed by atoms with E-state index in [1.165, 1.54) is 5.56 Å². The van der Waals surface area contributed by atoms with Gasteiger partial charge < -0.3 is 16.2 Å². The second-order valence-electron chi connectivity index (χ2n) is 5.46. The zero-order valence-corrected chi connectivity index (χ0v) is 13.1. The minimum absolute atomic E-state index is 0.0137. The molecule has 7 heteroatoms. The first-order chi connectivity index (χ1) is 11.0. The molecule has 0 fully saturated rings. The van der Waals surface area contributed by atoms with Gasteiger partial charge in [0.15, 0.2) is 12.4 Å². The molecule has 1 atom stereocenters. The van der Waals surface area contributed by atoms with Gasteiger partial charge >= 0.3 is 5.97 Å². The number of benzene rings is 1. The van der Waals surface area contributed by atoms with Gasteiger partial charge in [-0.15, -0.1) is 0 Å². The van der Waals surface area contributed by atoms with Gasteiger partial charge in [0.25, 0.3) is 0 Å². The van der Waals surface area contributed by atoms with Crippen molar-refractivity contribution < 1.29 is 9.53 Å². The van der Waals surface area contributed by atoms with Crippen molar-refractivity contribution in [2.45, 2.75) is 32.8 Å². The third kappa shape index (κ3) is 5.90. The van der Waals surface area contributed by atoms with Crippen LogP contribution in [0.15, 0.2) is 30.3 Å². The smallest absolute Gasteiger partial charge is 0.306 e. The van der Waals surface area contributed by atoms with Crippen LogP contribution in [0.25, 0.3) is 0 Å². The molecule has 4 N–H and O–H groups in total. The molecule has 1 unspecified atom stereocenters. The first-order valence-electron chi connectivity index (χ1n) is 7.48. The zero-order chi connectivity index (χ0) is 16.7. The van der Waals surface area contributed by atoms with Gasteiger partial charge in [0, 0.05) is 6.42 Å². The molecule has 2 aromatic rings. The number of aromatic nitrogens is 3. The van der Waals surface area contributed by atoms with E-state index in [2.05, 4.69) is 27.1 Å². The van der Waals surface area contributed by atoms with Crippen LogP contribution in [0.5, 0.6) is 0 Å². The number of ether oxygens (including phenoxy) is 1. The summed E-state index contributed by atoms with van der Waals surface area (Å²) in [6, 6.07) is 10.2. The van der Waals surface area contributed by atoms with Crippen molar-refractivity contribution in [2.75, 3.05) is 11.5 Å². The molecule has 0 saturated carbocycles. The number of rotatable bonds is 7. The number of nitrogens with zero attached hydrogens (tertiary/aromatic N) is 3. The number of nitrogens with two attached hydrogens (primary N) is 2. The van der Waals surface area contributed by atoms with E-state index in [1.807, 2.05) is 25.1 Å². The number of nitrogen functional groups attached to an aromatic ring is 2. The van der Waals surface area contributed by atoms with E-state index >= 15 is 0 Å². The fraction of sp³-hybridized carbons (Fsp3) is 0.375. The molecule has 0 saturated heterocycles. The third-order valence-corrected chi connectivity index (χ3v) is 3.36. The summed E-state index contributed by atoms with van der Waals surface area (Å²) in [5, 5.41) is 0. The Labute approximate surface area is 135 Å². The summed E-state index contributed by atoms with van der Waals surface area (Å²) in [7, 11) is 0. The average molecular weight is 315 g/mol. The lowest BCUT2D eigenvalue weighted by molar-refractivity contribution is -0.146. The molecule has 1 aromatic carbocycles. The number of hydrogen-bond donors (Lipinski definition) is 2. The number of carbonyl (C=O) groups is 1. The number of aryl methyl sites for hydroxylation is 1. The molecule has 1 heterocycles. The highest BCUT2D eigenvalue weighted by atomic mass is 16.5. The predicted molar refractivity (Wildman–Crippen MR) is 87.0 cm³/mol. The Bertz CT molecular complexity index is 628. The fourth-order valence-corrected chi connectivity index (χ4v) is 2.17. The van der Waals surface area contributed by atoms with E-state index in [0.29, 0.717) is 6.42 Å². The van der Waals surface area contributed by atoms with E-state index in [9.17, 15) is 4.79 Å². The van der Waals surface area contributed by atoms with Crippen LogP contribution in [0.1, 0.15) is 31.2 Å². The van der Waals surface area contributed by atoms with Crippen molar-refractivity contribution in [3.05, 3.63) is 41.7 Å². The van der Waals surface area contributed by atoms with Crippen molar-refractivity contribution >= 4 is 17.9 Å². The summed E-state index contributed by atoms with van der Waals surface area (Å²) in [6.45, 7) is 1.98. The van der Waals surface area contributed by atoms with Gasteiger partial charge in [0.2, 0.25) is 11.9 Å². The SMILES string of the molecule is CC(CCc1ccccc1)CC(=O)OCc1nc(N)nc(N)n1. The number of esters is 1. The van der Waals surface area contributed by atoms with Crippen molar-refractivity contribution in [1.82, 2.24) is 15.0 Å². The van der Waals surface area contributed by atoms with Gasteiger partial charge in [-0.05, 0) is 24.3 Å².